The van der Waals surface area contributed by atoms with Gasteiger partial charge in [0, 0.05) is 26.2 Å². The van der Waals surface area contributed by atoms with Gasteiger partial charge in [-0.1, -0.05) is 0 Å². The van der Waals surface area contributed by atoms with Gasteiger partial charge in [-0.05, 0) is 32.1 Å². The second-order valence-electron chi connectivity index (χ2n) is 5.15. The smallest absolute Gasteiger partial charge is 0.306 e. The lowest BCUT2D eigenvalue weighted by atomic mass is 10.0. The summed E-state index contributed by atoms with van der Waals surface area (Å²) in [5.41, 5.74) is 0. The molecule has 0 bridgehead atoms. The summed E-state index contributed by atoms with van der Waals surface area (Å²) in [6, 6.07) is 0. The topological polar surface area (TPSA) is 84.9 Å². The zero-order valence-electron chi connectivity index (χ0n) is 12.1. The Morgan fingerprint density at radius 3 is 2.55 bits per heavy atom. The number of unbranched alkanes of at least 4 members (excludes halogenated alkanes) is 1. The molecule has 2 atom stereocenters. The number of carbonyl (C=O) groups is 2. The van der Waals surface area contributed by atoms with Crippen LogP contribution in [0.25, 0.3) is 0 Å². The molecule has 20 heavy (non-hydrogen) atoms. The highest BCUT2D eigenvalue weighted by Crippen LogP contribution is 2.30. The monoisotopic (exact) mass is 287 g/mol. The lowest BCUT2D eigenvalue weighted by Crippen LogP contribution is -2.30. The molecular formula is C14H25NO5. The van der Waals surface area contributed by atoms with Crippen molar-refractivity contribution in [2.45, 2.75) is 32.1 Å². The number of amides is 1. The molecule has 6 heteroatoms. The summed E-state index contributed by atoms with van der Waals surface area (Å²) in [4.78, 5) is 22.7. The Bertz CT molecular complexity index is 308. The van der Waals surface area contributed by atoms with Gasteiger partial charge < -0.3 is 19.9 Å². The summed E-state index contributed by atoms with van der Waals surface area (Å²) < 4.78 is 10.2. The van der Waals surface area contributed by atoms with E-state index in [-0.39, 0.29) is 17.7 Å². The maximum absolute atomic E-state index is 11.8. The Labute approximate surface area is 119 Å². The molecule has 1 rings (SSSR count). The highest BCUT2D eigenvalue weighted by atomic mass is 16.5. The van der Waals surface area contributed by atoms with Crippen LogP contribution in [0.5, 0.6) is 0 Å². The van der Waals surface area contributed by atoms with Gasteiger partial charge >= 0.3 is 5.97 Å². The second kappa shape index (κ2) is 9.72. The third-order valence-corrected chi connectivity index (χ3v) is 3.60. The van der Waals surface area contributed by atoms with Crippen LogP contribution in [0.2, 0.25) is 0 Å². The molecule has 1 aliphatic rings. The molecule has 0 aromatic carbocycles. The molecule has 0 heterocycles. The molecule has 0 spiro atoms. The van der Waals surface area contributed by atoms with Crippen LogP contribution in [0.4, 0.5) is 0 Å². The first-order valence-electron chi connectivity index (χ1n) is 7.22. The van der Waals surface area contributed by atoms with Crippen LogP contribution in [0.3, 0.4) is 0 Å². The number of ether oxygens (including phenoxy) is 2. The number of rotatable bonds is 10. The maximum atomic E-state index is 11.8. The minimum absolute atomic E-state index is 0.00551. The summed E-state index contributed by atoms with van der Waals surface area (Å²) in [5.74, 6) is -1.27. The van der Waals surface area contributed by atoms with E-state index in [2.05, 4.69) is 5.32 Å². The normalized spacial score (nSPS) is 21.9. The molecule has 2 N–H and O–H groups in total. The van der Waals surface area contributed by atoms with Crippen molar-refractivity contribution < 1.29 is 24.2 Å². The predicted octanol–water partition coefficient (Wildman–Crippen LogP) is 1.05. The number of methoxy groups -OCH3 is 1. The Balaban J connectivity index is 1.99. The molecule has 116 valence electrons. The average Bonchev–Trinajstić information content (AvgIpc) is 2.91. The third-order valence-electron chi connectivity index (χ3n) is 3.60. The van der Waals surface area contributed by atoms with E-state index < -0.39 is 5.97 Å². The van der Waals surface area contributed by atoms with Crippen LogP contribution in [0.1, 0.15) is 32.1 Å². The summed E-state index contributed by atoms with van der Waals surface area (Å²) in [5, 5.41) is 11.8. The van der Waals surface area contributed by atoms with Crippen LogP contribution in [-0.4, -0.2) is 50.5 Å². The van der Waals surface area contributed by atoms with Gasteiger partial charge in [0.15, 0.2) is 0 Å². The Morgan fingerprint density at radius 1 is 1.15 bits per heavy atom. The zero-order valence-corrected chi connectivity index (χ0v) is 12.1. The van der Waals surface area contributed by atoms with E-state index >= 15 is 0 Å². The standard InChI is InChI=1S/C14H25NO5/c1-19-8-9-20-7-3-2-6-15-13(16)11-4-5-12(10-11)14(17)18/h11-12H,2-10H2,1H3,(H,15,16)(H,17,18). The Morgan fingerprint density at radius 2 is 1.90 bits per heavy atom. The second-order valence-corrected chi connectivity index (χ2v) is 5.15. The fraction of sp³-hybridized carbons (Fsp3) is 0.857. The lowest BCUT2D eigenvalue weighted by molar-refractivity contribution is -0.141. The molecule has 6 nitrogen and oxygen atoms in total. The molecule has 1 fully saturated rings. The maximum Gasteiger partial charge on any atom is 0.306 e. The van der Waals surface area contributed by atoms with Crippen molar-refractivity contribution in [3.63, 3.8) is 0 Å². The van der Waals surface area contributed by atoms with Gasteiger partial charge in [-0.15, -0.1) is 0 Å². The zero-order chi connectivity index (χ0) is 14.8. The lowest BCUT2D eigenvalue weighted by Gasteiger charge is -2.10. The van der Waals surface area contributed by atoms with E-state index in [0.717, 1.165) is 12.8 Å². The summed E-state index contributed by atoms with van der Waals surface area (Å²) in [6.45, 7) is 2.50. The van der Waals surface area contributed by atoms with E-state index in [1.807, 2.05) is 0 Å². The summed E-state index contributed by atoms with van der Waals surface area (Å²) >= 11 is 0. The fourth-order valence-electron chi connectivity index (χ4n) is 2.37. The molecular weight excluding hydrogens is 262 g/mol. The number of hydrogen-bond donors (Lipinski definition) is 2. The van der Waals surface area contributed by atoms with E-state index in [4.69, 9.17) is 14.6 Å². The fourth-order valence-corrected chi connectivity index (χ4v) is 2.37. The van der Waals surface area contributed by atoms with E-state index in [1.54, 1.807) is 7.11 Å². The van der Waals surface area contributed by atoms with E-state index in [0.29, 0.717) is 45.6 Å². The molecule has 0 saturated heterocycles. The van der Waals surface area contributed by atoms with Crippen molar-refractivity contribution in [2.24, 2.45) is 11.8 Å². The van der Waals surface area contributed by atoms with Gasteiger partial charge in [0.05, 0.1) is 19.1 Å². The summed E-state index contributed by atoms with van der Waals surface area (Å²) in [6.07, 6.45) is 3.53. The van der Waals surface area contributed by atoms with Crippen LogP contribution >= 0.6 is 0 Å². The highest BCUT2D eigenvalue weighted by Gasteiger charge is 2.33. The van der Waals surface area contributed by atoms with E-state index in [1.165, 1.54) is 0 Å². The van der Waals surface area contributed by atoms with Crippen LogP contribution < -0.4 is 5.32 Å². The molecule has 1 aliphatic carbocycles. The van der Waals surface area contributed by atoms with Crippen LogP contribution in [0.15, 0.2) is 0 Å². The molecule has 1 saturated carbocycles. The molecule has 0 aliphatic heterocycles. The number of hydrogen-bond acceptors (Lipinski definition) is 4. The molecule has 0 aromatic rings. The first-order valence-corrected chi connectivity index (χ1v) is 7.22. The number of carboxylic acid groups (broad SMARTS) is 1. The van der Waals surface area contributed by atoms with Gasteiger partial charge in [0.2, 0.25) is 5.91 Å². The van der Waals surface area contributed by atoms with Crippen molar-refractivity contribution in [2.75, 3.05) is 33.5 Å². The van der Waals surface area contributed by atoms with Gasteiger partial charge in [-0.2, -0.15) is 0 Å². The SMILES string of the molecule is COCCOCCCCNC(=O)C1CCC(C(=O)O)C1. The molecule has 2 unspecified atom stereocenters. The van der Waals surface area contributed by atoms with Gasteiger partial charge in [0.25, 0.3) is 0 Å². The van der Waals surface area contributed by atoms with Gasteiger partial charge in [-0.3, -0.25) is 9.59 Å². The van der Waals surface area contributed by atoms with Crippen molar-refractivity contribution in [1.29, 1.82) is 0 Å². The average molecular weight is 287 g/mol. The van der Waals surface area contributed by atoms with Crippen molar-refractivity contribution >= 4 is 11.9 Å². The first-order chi connectivity index (χ1) is 9.65. The summed E-state index contributed by atoms with van der Waals surface area (Å²) in [7, 11) is 1.64. The minimum atomic E-state index is -0.784. The van der Waals surface area contributed by atoms with Crippen molar-refractivity contribution in [3.8, 4) is 0 Å². The van der Waals surface area contributed by atoms with Gasteiger partial charge in [-0.25, -0.2) is 0 Å². The number of carboxylic acids is 1. The van der Waals surface area contributed by atoms with Crippen molar-refractivity contribution in [1.82, 2.24) is 5.32 Å². The predicted molar refractivity (Wildman–Crippen MR) is 73.4 cm³/mol. The van der Waals surface area contributed by atoms with Crippen LogP contribution in [0, 0.1) is 11.8 Å². The highest BCUT2D eigenvalue weighted by molar-refractivity contribution is 5.80. The van der Waals surface area contributed by atoms with Gasteiger partial charge in [0.1, 0.15) is 0 Å². The molecule has 0 radical (unpaired) electrons. The quantitative estimate of drug-likeness (QED) is 0.587. The number of carbonyl (C=O) groups excluding carboxylic acids is 1. The largest absolute Gasteiger partial charge is 0.481 e. The third kappa shape index (κ3) is 6.34. The number of nitrogens with one attached hydrogen (secondary N) is 1. The Kier molecular flexibility index (Phi) is 8.22. The van der Waals surface area contributed by atoms with Crippen molar-refractivity contribution in [3.05, 3.63) is 0 Å². The first kappa shape index (κ1) is 16.9. The number of aliphatic carboxylic acids is 1. The molecule has 1 amide bonds. The van der Waals surface area contributed by atoms with Crippen LogP contribution in [-0.2, 0) is 19.1 Å². The van der Waals surface area contributed by atoms with E-state index in [9.17, 15) is 9.59 Å². The minimum Gasteiger partial charge on any atom is -0.481 e. The Hall–Kier alpha value is -1.14. The molecule has 0 aromatic heterocycles.